The van der Waals surface area contributed by atoms with E-state index in [1.165, 1.54) is 30.7 Å². The summed E-state index contributed by atoms with van der Waals surface area (Å²) < 4.78 is 0. The molecule has 0 unspecified atom stereocenters. The maximum Gasteiger partial charge on any atom is 0.226 e. The molecule has 2 fully saturated rings. The number of anilines is 2. The molecule has 1 saturated carbocycles. The first-order chi connectivity index (χ1) is 18.4. The molecular weight excluding hydrogens is 494 g/mol. The quantitative estimate of drug-likeness (QED) is 0.551. The van der Waals surface area contributed by atoms with Crippen LogP contribution in [0, 0.1) is 17.2 Å². The Hall–Kier alpha value is -2.96. The SMILES string of the molecule is C[C@H]1CN(CC2CC2)CCCN1c1nccc(C(=O)C2=C(N)[C@@]3(CCC2)CCCc2sc(N)c(C#N)c23)n1. The highest BCUT2D eigenvalue weighted by Gasteiger charge is 2.46. The molecule has 0 amide bonds. The molecule has 0 radical (unpaired) electrons. The van der Waals surface area contributed by atoms with Gasteiger partial charge in [0.15, 0.2) is 0 Å². The Morgan fingerprint density at radius 2 is 2.00 bits per heavy atom. The summed E-state index contributed by atoms with van der Waals surface area (Å²) in [5, 5.41) is 10.5. The van der Waals surface area contributed by atoms with E-state index in [0.717, 1.165) is 74.5 Å². The van der Waals surface area contributed by atoms with E-state index in [1.54, 1.807) is 12.3 Å². The van der Waals surface area contributed by atoms with Gasteiger partial charge < -0.3 is 21.3 Å². The maximum atomic E-state index is 13.9. The van der Waals surface area contributed by atoms with E-state index < -0.39 is 5.41 Å². The zero-order valence-corrected chi connectivity index (χ0v) is 23.0. The van der Waals surface area contributed by atoms with Crippen LogP contribution in [0.25, 0.3) is 0 Å². The Labute approximate surface area is 228 Å². The average molecular weight is 532 g/mol. The summed E-state index contributed by atoms with van der Waals surface area (Å²) in [4.78, 5) is 29.3. The lowest BCUT2D eigenvalue weighted by Gasteiger charge is -2.42. The Morgan fingerprint density at radius 3 is 2.76 bits per heavy atom. The highest BCUT2D eigenvalue weighted by Crippen LogP contribution is 2.53. The van der Waals surface area contributed by atoms with Gasteiger partial charge in [0.25, 0.3) is 0 Å². The zero-order chi connectivity index (χ0) is 26.4. The van der Waals surface area contributed by atoms with Gasteiger partial charge in [-0.15, -0.1) is 11.3 Å². The van der Waals surface area contributed by atoms with Crippen LogP contribution < -0.4 is 16.4 Å². The first-order valence-corrected chi connectivity index (χ1v) is 14.9. The molecule has 2 atom stereocenters. The summed E-state index contributed by atoms with van der Waals surface area (Å²) in [6.45, 7) is 6.40. The van der Waals surface area contributed by atoms with Crippen molar-refractivity contribution in [3.8, 4) is 6.07 Å². The van der Waals surface area contributed by atoms with Crippen LogP contribution in [0.2, 0.25) is 0 Å². The molecular formula is C29H37N7OS. The normalized spacial score (nSPS) is 26.2. The Kier molecular flexibility index (Phi) is 6.65. The van der Waals surface area contributed by atoms with Gasteiger partial charge in [0, 0.05) is 53.4 Å². The lowest BCUT2D eigenvalue weighted by atomic mass is 9.62. The lowest BCUT2D eigenvalue weighted by Crippen LogP contribution is -2.41. The predicted octanol–water partition coefficient (Wildman–Crippen LogP) is 4.16. The average Bonchev–Trinajstić information content (AvgIpc) is 3.69. The topological polar surface area (TPSA) is 125 Å². The van der Waals surface area contributed by atoms with Crippen molar-refractivity contribution in [2.45, 2.75) is 76.2 Å². The fourth-order valence-electron chi connectivity index (χ4n) is 6.99. The summed E-state index contributed by atoms with van der Waals surface area (Å²) in [6.07, 6.45) is 10.5. The van der Waals surface area contributed by atoms with Gasteiger partial charge in [0.05, 0.1) is 5.56 Å². The number of Topliss-reactive ketones (excluding diaryl/α,β-unsaturated/α-hetero) is 1. The van der Waals surface area contributed by atoms with Crippen LogP contribution >= 0.6 is 11.3 Å². The number of aryl methyl sites for hydroxylation is 1. The van der Waals surface area contributed by atoms with Crippen molar-refractivity contribution in [1.29, 1.82) is 5.26 Å². The van der Waals surface area contributed by atoms with E-state index in [2.05, 4.69) is 27.8 Å². The van der Waals surface area contributed by atoms with Gasteiger partial charge in [0.1, 0.15) is 16.8 Å². The number of aromatic nitrogens is 2. The number of nitrogens with two attached hydrogens (primary N) is 2. The molecule has 9 heteroatoms. The minimum atomic E-state index is -0.490. The highest BCUT2D eigenvalue weighted by atomic mass is 32.1. The number of thiophene rings is 1. The number of nitriles is 1. The standard InChI is InChI=1S/C29H37N7OS/c1-18-16-35(17-19-7-8-19)13-4-14-36(18)28-33-12-9-22(34-28)25(37)20-5-2-10-29(26(20)31)11-3-6-23-24(29)21(15-30)27(32)38-23/h9,12,18-19H,2-8,10-11,13-14,16-17,31-32H2,1H3/t18-,29-/m0/s1. The fourth-order valence-corrected chi connectivity index (χ4v) is 8.15. The summed E-state index contributed by atoms with van der Waals surface area (Å²) in [7, 11) is 0. The van der Waals surface area contributed by atoms with Crippen LogP contribution in [0.1, 0.15) is 84.8 Å². The number of hydrogen-bond acceptors (Lipinski definition) is 9. The van der Waals surface area contributed by atoms with Crippen molar-refractivity contribution in [2.75, 3.05) is 36.8 Å². The van der Waals surface area contributed by atoms with Crippen molar-refractivity contribution < 1.29 is 4.79 Å². The molecule has 2 aromatic rings. The molecule has 1 spiro atoms. The molecule has 200 valence electrons. The number of hydrogen-bond donors (Lipinski definition) is 2. The first-order valence-electron chi connectivity index (χ1n) is 14.1. The molecule has 6 rings (SSSR count). The molecule has 1 saturated heterocycles. The lowest BCUT2D eigenvalue weighted by molar-refractivity contribution is 0.101. The van der Waals surface area contributed by atoms with Gasteiger partial charge in [-0.1, -0.05) is 0 Å². The largest absolute Gasteiger partial charge is 0.401 e. The van der Waals surface area contributed by atoms with E-state index >= 15 is 0 Å². The van der Waals surface area contributed by atoms with E-state index in [0.29, 0.717) is 39.9 Å². The molecule has 0 aromatic carbocycles. The molecule has 38 heavy (non-hydrogen) atoms. The Morgan fingerprint density at radius 1 is 1.21 bits per heavy atom. The van der Waals surface area contributed by atoms with Gasteiger partial charge in [-0.05, 0) is 88.8 Å². The molecule has 1 aliphatic heterocycles. The molecule has 0 bridgehead atoms. The second kappa shape index (κ2) is 9.97. The predicted molar refractivity (Wildman–Crippen MR) is 150 cm³/mol. The van der Waals surface area contributed by atoms with Gasteiger partial charge in [-0.2, -0.15) is 5.26 Å². The van der Waals surface area contributed by atoms with E-state index in [1.807, 2.05) is 0 Å². The molecule has 3 aliphatic carbocycles. The highest BCUT2D eigenvalue weighted by molar-refractivity contribution is 7.16. The minimum Gasteiger partial charge on any atom is -0.401 e. The van der Waals surface area contributed by atoms with Crippen LogP contribution in [0.4, 0.5) is 10.9 Å². The van der Waals surface area contributed by atoms with Crippen LogP contribution in [0.3, 0.4) is 0 Å². The monoisotopic (exact) mass is 531 g/mol. The van der Waals surface area contributed by atoms with E-state index in [9.17, 15) is 10.1 Å². The van der Waals surface area contributed by atoms with Gasteiger partial charge >= 0.3 is 0 Å². The fraction of sp³-hybridized carbons (Fsp3) is 0.586. The summed E-state index contributed by atoms with van der Waals surface area (Å²) >= 11 is 1.51. The number of rotatable bonds is 5. The minimum absolute atomic E-state index is 0.114. The number of nitrogen functional groups attached to an aromatic ring is 1. The molecule has 3 heterocycles. The molecule has 4 aliphatic rings. The number of fused-ring (bicyclic) bond motifs is 2. The summed E-state index contributed by atoms with van der Waals surface area (Å²) in [5.41, 5.74) is 15.9. The van der Waals surface area contributed by atoms with Gasteiger partial charge in [-0.3, -0.25) is 4.79 Å². The number of carbonyl (C=O) groups is 1. The Bertz CT molecular complexity index is 1320. The molecule has 8 nitrogen and oxygen atoms in total. The van der Waals surface area contributed by atoms with Crippen molar-refractivity contribution in [3.05, 3.63) is 45.2 Å². The van der Waals surface area contributed by atoms with Crippen LogP contribution in [-0.2, 0) is 11.8 Å². The second-order valence-electron chi connectivity index (χ2n) is 11.6. The number of carbonyl (C=O) groups excluding carboxylic acids is 1. The van der Waals surface area contributed by atoms with Crippen molar-refractivity contribution in [3.63, 3.8) is 0 Å². The second-order valence-corrected chi connectivity index (χ2v) is 12.7. The number of allylic oxidation sites excluding steroid dienone is 2. The third-order valence-corrected chi connectivity index (χ3v) is 10.1. The third-order valence-electron chi connectivity index (χ3n) is 9.02. The van der Waals surface area contributed by atoms with E-state index in [4.69, 9.17) is 16.5 Å². The van der Waals surface area contributed by atoms with Crippen LogP contribution in [0.15, 0.2) is 23.5 Å². The van der Waals surface area contributed by atoms with Crippen molar-refractivity contribution in [2.24, 2.45) is 11.7 Å². The Balaban J connectivity index is 1.30. The summed E-state index contributed by atoms with van der Waals surface area (Å²) in [6, 6.07) is 4.32. The van der Waals surface area contributed by atoms with Gasteiger partial charge in [-0.25, -0.2) is 9.97 Å². The zero-order valence-electron chi connectivity index (χ0n) is 22.2. The smallest absolute Gasteiger partial charge is 0.226 e. The van der Waals surface area contributed by atoms with Gasteiger partial charge in [0.2, 0.25) is 11.7 Å². The van der Waals surface area contributed by atoms with Crippen LogP contribution in [0.5, 0.6) is 0 Å². The van der Waals surface area contributed by atoms with Crippen molar-refractivity contribution >= 4 is 28.1 Å². The number of ketones is 1. The van der Waals surface area contributed by atoms with Crippen LogP contribution in [-0.4, -0.2) is 52.9 Å². The molecule has 4 N–H and O–H groups in total. The van der Waals surface area contributed by atoms with E-state index in [-0.39, 0.29) is 11.8 Å². The summed E-state index contributed by atoms with van der Waals surface area (Å²) in [5.74, 6) is 1.38. The molecule has 2 aromatic heterocycles. The number of nitrogens with zero attached hydrogens (tertiary/aromatic N) is 5. The first kappa shape index (κ1) is 25.3. The maximum absolute atomic E-state index is 13.9. The van der Waals surface area contributed by atoms with Crippen molar-refractivity contribution in [1.82, 2.24) is 14.9 Å². The third kappa shape index (κ3) is 4.38.